The minimum atomic E-state index is -1.08. The first-order valence-electron chi connectivity index (χ1n) is 22.9. The number of likely N-dealkylation sites (N-methyl/N-ethyl adjacent to an activating group) is 1. The van der Waals surface area contributed by atoms with Crippen LogP contribution in [-0.2, 0) is 52.8 Å². The standard InChI is InChI=1S/C51H62N8O7/c1-9-43(60)57-23-19-36(29-57)48(62)56(7)45(31(2)3)47(61)54-41-26-33-13-10-14-34(25-33)35-17-18-42-38(27-35)39(46(58(42)24-20-52)37-15-11-21-53-44(37)32(4)65-8)28-51(5,6)30-66-50(64)40-16-12-22-59(55-40)49(41)63/h9-11,13-15,17-18,21,25,27,31-32,36,40-41,45,55H,1,12,16,19,22-24,26,28-30H2,2-8H3,(H,54,61)/t32-,36?,40-,41-,45-/m0/s1. The van der Waals surface area contributed by atoms with Crippen LogP contribution in [0.3, 0.4) is 0 Å². The molecule has 15 nitrogen and oxygen atoms in total. The second kappa shape index (κ2) is 20.0. The highest BCUT2D eigenvalue weighted by Crippen LogP contribution is 2.42. The van der Waals surface area contributed by atoms with Crippen LogP contribution in [-0.4, -0.2) is 112 Å². The first-order chi connectivity index (χ1) is 31.5. The number of esters is 1. The van der Waals surface area contributed by atoms with Crippen molar-refractivity contribution in [3.63, 3.8) is 0 Å². The number of carbonyl (C=O) groups is 5. The topological polar surface area (TPSA) is 179 Å². The van der Waals surface area contributed by atoms with Crippen molar-refractivity contribution < 1.29 is 33.4 Å². The number of fused-ring (bicyclic) bond motifs is 6. The maximum atomic E-state index is 14.7. The lowest BCUT2D eigenvalue weighted by Gasteiger charge is -2.37. The minimum Gasteiger partial charge on any atom is -0.464 e. The number of hydrazine groups is 1. The van der Waals surface area contributed by atoms with Gasteiger partial charge in [-0.2, -0.15) is 5.26 Å². The number of carbonyl (C=O) groups excluding carboxylic acids is 5. The van der Waals surface area contributed by atoms with E-state index in [4.69, 9.17) is 14.5 Å². The number of amides is 4. The first kappa shape index (κ1) is 47.6. The molecule has 348 valence electrons. The summed E-state index contributed by atoms with van der Waals surface area (Å²) in [5, 5.41) is 15.6. The van der Waals surface area contributed by atoms with Crippen molar-refractivity contribution in [3.8, 4) is 28.5 Å². The van der Waals surface area contributed by atoms with Crippen LogP contribution in [0.1, 0.15) is 76.8 Å². The van der Waals surface area contributed by atoms with Crippen LogP contribution in [0.2, 0.25) is 0 Å². The summed E-state index contributed by atoms with van der Waals surface area (Å²) < 4.78 is 13.9. The van der Waals surface area contributed by atoms with Crippen LogP contribution >= 0.6 is 0 Å². The summed E-state index contributed by atoms with van der Waals surface area (Å²) in [5.41, 5.74) is 9.38. The number of nitriles is 1. The Bertz CT molecular complexity index is 2560. The van der Waals surface area contributed by atoms with Crippen molar-refractivity contribution in [3.05, 3.63) is 90.3 Å². The molecule has 7 rings (SSSR count). The van der Waals surface area contributed by atoms with Gasteiger partial charge in [0.25, 0.3) is 5.91 Å². The van der Waals surface area contributed by atoms with E-state index in [0.29, 0.717) is 38.8 Å². The van der Waals surface area contributed by atoms with Gasteiger partial charge in [-0.1, -0.05) is 64.6 Å². The van der Waals surface area contributed by atoms with Gasteiger partial charge in [0, 0.05) is 68.3 Å². The van der Waals surface area contributed by atoms with E-state index < -0.39 is 47.2 Å². The summed E-state index contributed by atoms with van der Waals surface area (Å²) >= 11 is 0. The molecular formula is C51H62N8O7. The summed E-state index contributed by atoms with van der Waals surface area (Å²) in [5.74, 6) is -2.70. The van der Waals surface area contributed by atoms with Gasteiger partial charge in [0.1, 0.15) is 24.7 Å². The Hall–Kier alpha value is -6.37. The van der Waals surface area contributed by atoms with Crippen LogP contribution in [0.4, 0.5) is 0 Å². The fourth-order valence-electron chi connectivity index (χ4n) is 9.79. The number of benzene rings is 2. The van der Waals surface area contributed by atoms with Crippen molar-refractivity contribution in [1.82, 2.24) is 35.1 Å². The Morgan fingerprint density at radius 3 is 2.59 bits per heavy atom. The Labute approximate surface area is 387 Å². The van der Waals surface area contributed by atoms with Crippen molar-refractivity contribution in [2.24, 2.45) is 17.3 Å². The van der Waals surface area contributed by atoms with Crippen LogP contribution in [0.25, 0.3) is 33.3 Å². The number of methoxy groups -OCH3 is 1. The number of cyclic esters (lactones) is 1. The fourth-order valence-corrected chi connectivity index (χ4v) is 9.79. The number of hydrogen-bond donors (Lipinski definition) is 2. The number of hydrogen-bond acceptors (Lipinski definition) is 10. The van der Waals surface area contributed by atoms with Crippen molar-refractivity contribution in [2.75, 3.05) is 40.4 Å². The minimum absolute atomic E-state index is 0.0728. The highest BCUT2D eigenvalue weighted by atomic mass is 16.5. The molecule has 0 saturated carbocycles. The van der Waals surface area contributed by atoms with Gasteiger partial charge in [-0.3, -0.25) is 34.0 Å². The molecule has 0 radical (unpaired) electrons. The van der Waals surface area contributed by atoms with Gasteiger partial charge in [-0.15, -0.1) is 0 Å². The number of nitrogens with one attached hydrogen (secondary N) is 2. The lowest BCUT2D eigenvalue weighted by molar-refractivity contribution is -0.155. The second-order valence-corrected chi connectivity index (χ2v) is 19.0. The third-order valence-corrected chi connectivity index (χ3v) is 13.2. The molecule has 6 bridgehead atoms. The molecule has 4 amide bonds. The Morgan fingerprint density at radius 1 is 1.09 bits per heavy atom. The summed E-state index contributed by atoms with van der Waals surface area (Å²) in [6.07, 6.45) is 4.66. The number of pyridine rings is 1. The highest BCUT2D eigenvalue weighted by Gasteiger charge is 2.40. The van der Waals surface area contributed by atoms with Gasteiger partial charge in [-0.05, 0) is 91.1 Å². The number of aromatic nitrogens is 2. The maximum Gasteiger partial charge on any atom is 0.324 e. The predicted octanol–water partition coefficient (Wildman–Crippen LogP) is 5.77. The molecule has 2 N–H and O–H groups in total. The second-order valence-electron chi connectivity index (χ2n) is 19.0. The van der Waals surface area contributed by atoms with Gasteiger partial charge < -0.3 is 29.2 Å². The molecular weight excluding hydrogens is 837 g/mol. The van der Waals surface area contributed by atoms with Crippen molar-refractivity contribution in [2.45, 2.75) is 97.5 Å². The van der Waals surface area contributed by atoms with Crippen LogP contribution in [0.15, 0.2) is 73.4 Å². The molecule has 2 aromatic heterocycles. The average molecular weight is 899 g/mol. The van der Waals surface area contributed by atoms with Crippen molar-refractivity contribution in [1.29, 1.82) is 5.26 Å². The quantitative estimate of drug-likeness (QED) is 0.147. The lowest BCUT2D eigenvalue weighted by atomic mass is 9.84. The average Bonchev–Trinajstić information content (AvgIpc) is 3.92. The van der Waals surface area contributed by atoms with E-state index in [2.05, 4.69) is 29.5 Å². The summed E-state index contributed by atoms with van der Waals surface area (Å²) in [4.78, 5) is 77.1. The van der Waals surface area contributed by atoms with E-state index in [1.165, 1.54) is 16.0 Å². The Morgan fingerprint density at radius 2 is 1.86 bits per heavy atom. The van der Waals surface area contributed by atoms with Gasteiger partial charge in [0.2, 0.25) is 17.7 Å². The maximum absolute atomic E-state index is 14.7. The molecule has 0 spiro atoms. The molecule has 15 heteroatoms. The SMILES string of the molecule is C=CC(=O)N1CCC(C(=O)N(C)[C@H](C(=O)N[C@H]2Cc3cccc(c3)-c3ccc4c(c3)c(c(-c3cccnc3[C@H](C)OC)n4CC#N)CC(C)(C)COC(=O)[C@@H]3CCCN(N3)C2=O)C(C)C)C1. The molecule has 2 aromatic carbocycles. The molecule has 5 heterocycles. The summed E-state index contributed by atoms with van der Waals surface area (Å²) in [6, 6.07) is 17.5. The smallest absolute Gasteiger partial charge is 0.324 e. The van der Waals surface area contributed by atoms with Gasteiger partial charge in [0.15, 0.2) is 0 Å². The van der Waals surface area contributed by atoms with E-state index in [9.17, 15) is 29.2 Å². The van der Waals surface area contributed by atoms with Crippen LogP contribution < -0.4 is 10.7 Å². The van der Waals surface area contributed by atoms with Gasteiger partial charge >= 0.3 is 5.97 Å². The molecule has 3 aliphatic rings. The number of likely N-dealkylation sites (tertiary alicyclic amines) is 1. The van der Waals surface area contributed by atoms with Crippen LogP contribution in [0.5, 0.6) is 0 Å². The van der Waals surface area contributed by atoms with E-state index in [1.54, 1.807) is 25.3 Å². The molecule has 3 aliphatic heterocycles. The first-order valence-corrected chi connectivity index (χ1v) is 22.9. The zero-order valence-electron chi connectivity index (χ0n) is 39.1. The molecule has 5 atom stereocenters. The summed E-state index contributed by atoms with van der Waals surface area (Å²) in [6.45, 7) is 14.4. The molecule has 2 saturated heterocycles. The van der Waals surface area contributed by atoms with Gasteiger partial charge in [-0.25, -0.2) is 5.43 Å². The van der Waals surface area contributed by atoms with E-state index in [0.717, 1.165) is 50.1 Å². The molecule has 2 fully saturated rings. The Kier molecular flexibility index (Phi) is 14.4. The largest absolute Gasteiger partial charge is 0.464 e. The normalized spacial score (nSPS) is 20.8. The zero-order valence-corrected chi connectivity index (χ0v) is 39.1. The molecule has 0 aliphatic carbocycles. The van der Waals surface area contributed by atoms with E-state index in [-0.39, 0.29) is 50.0 Å². The third-order valence-electron chi connectivity index (χ3n) is 13.2. The Balaban J connectivity index is 1.30. The lowest BCUT2D eigenvalue weighted by Crippen LogP contribution is -2.62. The van der Waals surface area contributed by atoms with E-state index in [1.807, 2.05) is 87.7 Å². The summed E-state index contributed by atoms with van der Waals surface area (Å²) in [7, 11) is 3.24. The molecule has 66 heavy (non-hydrogen) atoms. The fraction of sp³-hybridized carbons (Fsp3) is 0.471. The number of nitrogens with zero attached hydrogens (tertiary/aromatic N) is 6. The number of rotatable bonds is 10. The molecule has 4 aromatic rings. The monoisotopic (exact) mass is 898 g/mol. The molecule has 1 unspecified atom stereocenters. The van der Waals surface area contributed by atoms with Crippen LogP contribution in [0, 0.1) is 28.6 Å². The number of ether oxygens (including phenoxy) is 2. The van der Waals surface area contributed by atoms with E-state index >= 15 is 0 Å². The highest BCUT2D eigenvalue weighted by molar-refractivity contribution is 5.96. The third kappa shape index (κ3) is 9.90. The predicted molar refractivity (Wildman–Crippen MR) is 250 cm³/mol. The van der Waals surface area contributed by atoms with Crippen molar-refractivity contribution >= 4 is 40.5 Å². The zero-order chi connectivity index (χ0) is 47.4. The van der Waals surface area contributed by atoms with Gasteiger partial charge in [0.05, 0.1) is 36.1 Å².